The van der Waals surface area contributed by atoms with Gasteiger partial charge in [0.05, 0.1) is 6.54 Å². The molecule has 0 spiro atoms. The molecule has 0 saturated carbocycles. The van der Waals surface area contributed by atoms with Gasteiger partial charge in [-0.3, -0.25) is 9.59 Å². The van der Waals surface area contributed by atoms with Crippen molar-refractivity contribution in [2.24, 2.45) is 0 Å². The van der Waals surface area contributed by atoms with Crippen LogP contribution in [0.1, 0.15) is 25.7 Å². The number of carbonyl (C=O) groups excluding carboxylic acids is 2. The first-order valence-corrected chi connectivity index (χ1v) is 4.79. The summed E-state index contributed by atoms with van der Waals surface area (Å²) < 4.78 is 0. The smallest absolute Gasteiger partial charge is 0.242 e. The van der Waals surface area contributed by atoms with Gasteiger partial charge in [-0.15, -0.1) is 0 Å². The van der Waals surface area contributed by atoms with Crippen molar-refractivity contribution in [2.45, 2.75) is 25.7 Å². The maximum atomic E-state index is 10.6. The molecule has 1 N–H and O–H groups in total. The highest BCUT2D eigenvalue weighted by Crippen LogP contribution is 2.09. The van der Waals surface area contributed by atoms with E-state index in [1.165, 1.54) is 0 Å². The summed E-state index contributed by atoms with van der Waals surface area (Å²) >= 11 is 0. The molecule has 0 atom stereocenters. The fourth-order valence-corrected chi connectivity index (χ4v) is 1.27. The molecule has 0 bridgehead atoms. The van der Waals surface area contributed by atoms with Gasteiger partial charge in [-0.1, -0.05) is 12.8 Å². The van der Waals surface area contributed by atoms with Crippen LogP contribution in [0.3, 0.4) is 0 Å². The highest BCUT2D eigenvalue weighted by atomic mass is 16.2. The van der Waals surface area contributed by atoms with E-state index in [0.717, 1.165) is 45.2 Å². The minimum absolute atomic E-state index is 0.280. The van der Waals surface area contributed by atoms with Crippen LogP contribution in [0, 0.1) is 0 Å². The third-order valence-corrected chi connectivity index (χ3v) is 2.16. The molecular weight excluding hydrogens is 168 g/mol. The molecule has 1 rings (SSSR count). The molecule has 0 radical (unpaired) electrons. The predicted molar refractivity (Wildman–Crippen MR) is 49.1 cm³/mol. The summed E-state index contributed by atoms with van der Waals surface area (Å²) in [5, 5.41) is 2.62. The van der Waals surface area contributed by atoms with Crippen LogP contribution in [0.5, 0.6) is 0 Å². The average molecular weight is 184 g/mol. The molecule has 1 heterocycles. The normalized spacial score (nSPS) is 14.5. The average Bonchev–Trinajstić information content (AvgIpc) is 2.81. The van der Waals surface area contributed by atoms with Crippen LogP contribution >= 0.6 is 0 Å². The van der Waals surface area contributed by atoms with E-state index in [1.807, 2.05) is 4.90 Å². The first kappa shape index (κ1) is 10.0. The van der Waals surface area contributed by atoms with E-state index in [4.69, 9.17) is 0 Å². The Morgan fingerprint density at radius 1 is 1.31 bits per heavy atom. The molecule has 2 amide bonds. The summed E-state index contributed by atoms with van der Waals surface area (Å²) in [7, 11) is 0. The Bertz CT molecular complexity index is 182. The Hall–Kier alpha value is -1.06. The summed E-state index contributed by atoms with van der Waals surface area (Å²) in [6.07, 6.45) is 5.13. The molecule has 1 aliphatic heterocycles. The second-order valence-corrected chi connectivity index (χ2v) is 3.30. The van der Waals surface area contributed by atoms with Gasteiger partial charge in [0.15, 0.2) is 0 Å². The van der Waals surface area contributed by atoms with E-state index >= 15 is 0 Å². The van der Waals surface area contributed by atoms with E-state index in [9.17, 15) is 9.59 Å². The van der Waals surface area contributed by atoms with Gasteiger partial charge < -0.3 is 10.2 Å². The van der Waals surface area contributed by atoms with Gasteiger partial charge in [0.2, 0.25) is 12.3 Å². The Labute approximate surface area is 78.3 Å². The first-order valence-electron chi connectivity index (χ1n) is 4.79. The number of amides is 2. The van der Waals surface area contributed by atoms with Crippen molar-refractivity contribution in [1.29, 1.82) is 0 Å². The van der Waals surface area contributed by atoms with E-state index < -0.39 is 0 Å². The summed E-state index contributed by atoms with van der Waals surface area (Å²) in [4.78, 5) is 22.3. The fourth-order valence-electron chi connectivity index (χ4n) is 1.27. The van der Waals surface area contributed by atoms with Gasteiger partial charge >= 0.3 is 0 Å². The molecule has 1 saturated heterocycles. The SMILES string of the molecule is O=CNCCCCCCN1CC1=O. The van der Waals surface area contributed by atoms with Crippen molar-refractivity contribution in [2.75, 3.05) is 19.6 Å². The molecule has 4 nitrogen and oxygen atoms in total. The first-order chi connectivity index (χ1) is 6.34. The van der Waals surface area contributed by atoms with Gasteiger partial charge in [-0.25, -0.2) is 0 Å². The molecule has 0 aliphatic carbocycles. The lowest BCUT2D eigenvalue weighted by Crippen LogP contribution is -2.11. The summed E-state index contributed by atoms with van der Waals surface area (Å²) in [5.41, 5.74) is 0. The van der Waals surface area contributed by atoms with E-state index in [-0.39, 0.29) is 5.91 Å². The standard InChI is InChI=1S/C9H16N2O2/c12-8-10-5-3-1-2-4-6-11-7-9(11)13/h8H,1-7H2,(H,10,12). The van der Waals surface area contributed by atoms with E-state index in [1.54, 1.807) is 0 Å². The molecular formula is C9H16N2O2. The molecule has 4 heteroatoms. The van der Waals surface area contributed by atoms with Crippen LogP contribution in [0.15, 0.2) is 0 Å². The molecule has 1 fully saturated rings. The van der Waals surface area contributed by atoms with Gasteiger partial charge in [0, 0.05) is 13.1 Å². The zero-order valence-corrected chi connectivity index (χ0v) is 7.79. The minimum Gasteiger partial charge on any atom is -0.359 e. The molecule has 0 aromatic heterocycles. The molecule has 0 aromatic rings. The van der Waals surface area contributed by atoms with Crippen LogP contribution in [0.25, 0.3) is 0 Å². The second kappa shape index (κ2) is 5.56. The van der Waals surface area contributed by atoms with Crippen molar-refractivity contribution >= 4 is 12.3 Å². The predicted octanol–water partition coefficient (Wildman–Crippen LogP) is 0.135. The van der Waals surface area contributed by atoms with Crippen molar-refractivity contribution in [3.8, 4) is 0 Å². The maximum absolute atomic E-state index is 10.6. The number of hydrogen-bond acceptors (Lipinski definition) is 2. The Balaban J connectivity index is 1.74. The van der Waals surface area contributed by atoms with Gasteiger partial charge in [0.25, 0.3) is 0 Å². The largest absolute Gasteiger partial charge is 0.359 e. The molecule has 74 valence electrons. The number of hydrogen-bond donors (Lipinski definition) is 1. The number of carbonyl (C=O) groups is 2. The third kappa shape index (κ3) is 4.50. The lowest BCUT2D eigenvalue weighted by atomic mass is 10.2. The Morgan fingerprint density at radius 2 is 2.00 bits per heavy atom. The monoisotopic (exact) mass is 184 g/mol. The van der Waals surface area contributed by atoms with Crippen LogP contribution in [0.4, 0.5) is 0 Å². The summed E-state index contributed by atoms with van der Waals surface area (Å²) in [5.74, 6) is 0.280. The third-order valence-electron chi connectivity index (χ3n) is 2.16. The highest BCUT2D eigenvalue weighted by molar-refractivity contribution is 5.92. The Morgan fingerprint density at radius 3 is 2.62 bits per heavy atom. The van der Waals surface area contributed by atoms with Crippen LogP contribution in [-0.4, -0.2) is 36.9 Å². The molecule has 0 aromatic carbocycles. The van der Waals surface area contributed by atoms with Crippen LogP contribution < -0.4 is 5.32 Å². The molecule has 13 heavy (non-hydrogen) atoms. The fraction of sp³-hybridized carbons (Fsp3) is 0.778. The van der Waals surface area contributed by atoms with E-state index in [2.05, 4.69) is 5.32 Å². The van der Waals surface area contributed by atoms with Crippen molar-refractivity contribution in [3.05, 3.63) is 0 Å². The van der Waals surface area contributed by atoms with Gasteiger partial charge in [-0.2, -0.15) is 0 Å². The quantitative estimate of drug-likeness (QED) is 0.331. The van der Waals surface area contributed by atoms with E-state index in [0.29, 0.717) is 6.54 Å². The number of nitrogens with one attached hydrogen (secondary N) is 1. The topological polar surface area (TPSA) is 49.2 Å². The zero-order valence-electron chi connectivity index (χ0n) is 7.79. The minimum atomic E-state index is 0.280. The number of rotatable bonds is 8. The van der Waals surface area contributed by atoms with Gasteiger partial charge in [-0.05, 0) is 12.8 Å². The number of nitrogens with zero attached hydrogens (tertiary/aromatic N) is 1. The summed E-state index contributed by atoms with van der Waals surface area (Å²) in [6.45, 7) is 2.35. The highest BCUT2D eigenvalue weighted by Gasteiger charge is 2.28. The maximum Gasteiger partial charge on any atom is 0.242 e. The van der Waals surface area contributed by atoms with Crippen molar-refractivity contribution in [1.82, 2.24) is 10.2 Å². The van der Waals surface area contributed by atoms with Gasteiger partial charge in [0.1, 0.15) is 0 Å². The zero-order chi connectivity index (χ0) is 9.52. The Kier molecular flexibility index (Phi) is 4.29. The molecule has 1 aliphatic rings. The molecule has 0 unspecified atom stereocenters. The van der Waals surface area contributed by atoms with Crippen LogP contribution in [0.2, 0.25) is 0 Å². The van der Waals surface area contributed by atoms with Crippen LogP contribution in [-0.2, 0) is 9.59 Å². The second-order valence-electron chi connectivity index (χ2n) is 3.30. The lowest BCUT2D eigenvalue weighted by Gasteiger charge is -2.01. The lowest BCUT2D eigenvalue weighted by molar-refractivity contribution is -0.113. The van der Waals surface area contributed by atoms with Crippen molar-refractivity contribution < 1.29 is 9.59 Å². The summed E-state index contributed by atoms with van der Waals surface area (Å²) in [6, 6.07) is 0. The van der Waals surface area contributed by atoms with Crippen molar-refractivity contribution in [3.63, 3.8) is 0 Å². The number of unbranched alkanes of at least 4 members (excludes halogenated alkanes) is 3.